The van der Waals surface area contributed by atoms with E-state index in [-0.39, 0.29) is 5.82 Å². The van der Waals surface area contributed by atoms with Crippen LogP contribution in [0, 0.1) is 17.2 Å². The summed E-state index contributed by atoms with van der Waals surface area (Å²) in [7, 11) is 0. The molecule has 0 heterocycles. The fraction of sp³-hybridized carbons (Fsp3) is 0.600. The van der Waals surface area contributed by atoms with Crippen LogP contribution in [-0.4, -0.2) is 12.6 Å². The molecule has 0 radical (unpaired) electrons. The van der Waals surface area contributed by atoms with E-state index < -0.39 is 0 Å². The van der Waals surface area contributed by atoms with Crippen LogP contribution in [0.25, 0.3) is 0 Å². The maximum atomic E-state index is 13.6. The van der Waals surface area contributed by atoms with Crippen molar-refractivity contribution in [2.75, 3.05) is 6.54 Å². The summed E-state index contributed by atoms with van der Waals surface area (Å²) in [6, 6.07) is 7.97. The first-order valence-corrected chi connectivity index (χ1v) is 6.64. The smallest absolute Gasteiger partial charge is 0.126 e. The molecule has 2 unspecified atom stereocenters. The Bertz CT molecular complexity index is 413. The van der Waals surface area contributed by atoms with Crippen molar-refractivity contribution in [2.24, 2.45) is 11.3 Å². The lowest BCUT2D eigenvalue weighted by molar-refractivity contribution is 0.464. The highest BCUT2D eigenvalue weighted by Gasteiger charge is 2.49. The van der Waals surface area contributed by atoms with Crippen LogP contribution >= 0.6 is 0 Å². The Balaban J connectivity index is 1.56. The molecule has 0 amide bonds. The van der Waals surface area contributed by atoms with Crippen LogP contribution in [0.3, 0.4) is 0 Å². The van der Waals surface area contributed by atoms with Gasteiger partial charge < -0.3 is 5.32 Å². The lowest BCUT2D eigenvalue weighted by Gasteiger charge is -2.12. The van der Waals surface area contributed by atoms with Crippen molar-refractivity contribution in [3.05, 3.63) is 35.6 Å². The molecule has 17 heavy (non-hydrogen) atoms. The lowest BCUT2D eigenvalue weighted by atomic mass is 9.95. The summed E-state index contributed by atoms with van der Waals surface area (Å²) in [5.41, 5.74) is 1.20. The van der Waals surface area contributed by atoms with E-state index in [2.05, 4.69) is 12.2 Å². The van der Waals surface area contributed by atoms with Gasteiger partial charge in [0, 0.05) is 6.04 Å². The van der Waals surface area contributed by atoms with Crippen LogP contribution in [0.4, 0.5) is 4.39 Å². The SMILES string of the molecule is CC1(Cc2ccccc2F)CC1CNC1CC1. The molecule has 2 saturated carbocycles. The Labute approximate surface area is 102 Å². The van der Waals surface area contributed by atoms with Crippen molar-refractivity contribution in [1.82, 2.24) is 5.32 Å². The van der Waals surface area contributed by atoms with Gasteiger partial charge in [0.2, 0.25) is 0 Å². The van der Waals surface area contributed by atoms with Crippen LogP contribution in [0.2, 0.25) is 0 Å². The highest BCUT2D eigenvalue weighted by molar-refractivity contribution is 5.21. The van der Waals surface area contributed by atoms with E-state index in [1.54, 1.807) is 12.1 Å². The number of hydrogen-bond donors (Lipinski definition) is 1. The third kappa shape index (κ3) is 2.52. The van der Waals surface area contributed by atoms with Crippen molar-refractivity contribution in [3.8, 4) is 0 Å². The minimum absolute atomic E-state index is 0.0467. The van der Waals surface area contributed by atoms with Gasteiger partial charge >= 0.3 is 0 Å². The second-order valence-electron chi connectivity index (χ2n) is 6.01. The fourth-order valence-corrected chi connectivity index (χ4v) is 2.71. The summed E-state index contributed by atoms with van der Waals surface area (Å²) in [6.45, 7) is 3.41. The summed E-state index contributed by atoms with van der Waals surface area (Å²) in [4.78, 5) is 0. The van der Waals surface area contributed by atoms with Gasteiger partial charge in [0.15, 0.2) is 0 Å². The maximum absolute atomic E-state index is 13.6. The number of halogens is 1. The second-order valence-corrected chi connectivity index (χ2v) is 6.01. The molecule has 2 fully saturated rings. The summed E-state index contributed by atoms with van der Waals surface area (Å²) in [5, 5.41) is 3.58. The topological polar surface area (TPSA) is 12.0 Å². The fourth-order valence-electron chi connectivity index (χ4n) is 2.71. The second kappa shape index (κ2) is 4.09. The zero-order valence-electron chi connectivity index (χ0n) is 10.4. The minimum atomic E-state index is -0.0467. The molecule has 0 aliphatic heterocycles. The average Bonchev–Trinajstić information content (AvgIpc) is 3.18. The molecule has 2 aliphatic carbocycles. The molecule has 2 aliphatic rings. The van der Waals surface area contributed by atoms with Gasteiger partial charge in [0.25, 0.3) is 0 Å². The molecule has 1 nitrogen and oxygen atoms in total. The van der Waals surface area contributed by atoms with Gasteiger partial charge in [0.05, 0.1) is 0 Å². The van der Waals surface area contributed by atoms with E-state index in [1.165, 1.54) is 19.3 Å². The quantitative estimate of drug-likeness (QED) is 0.824. The Morgan fingerprint density at radius 2 is 2.12 bits per heavy atom. The van der Waals surface area contributed by atoms with Crippen LogP contribution < -0.4 is 5.32 Å². The van der Waals surface area contributed by atoms with Crippen molar-refractivity contribution in [2.45, 2.75) is 38.6 Å². The Kier molecular flexibility index (Phi) is 2.70. The van der Waals surface area contributed by atoms with Gasteiger partial charge in [-0.2, -0.15) is 0 Å². The monoisotopic (exact) mass is 233 g/mol. The van der Waals surface area contributed by atoms with Crippen LogP contribution in [0.5, 0.6) is 0 Å². The predicted octanol–water partition coefficient (Wildman–Crippen LogP) is 3.15. The molecular weight excluding hydrogens is 213 g/mol. The molecule has 1 aromatic rings. The van der Waals surface area contributed by atoms with Crippen LogP contribution in [0.1, 0.15) is 31.7 Å². The van der Waals surface area contributed by atoms with Gasteiger partial charge in [-0.25, -0.2) is 4.39 Å². The number of benzene rings is 1. The number of hydrogen-bond acceptors (Lipinski definition) is 1. The summed E-state index contributed by atoms with van der Waals surface area (Å²) >= 11 is 0. The predicted molar refractivity (Wildman–Crippen MR) is 67.3 cm³/mol. The molecule has 3 rings (SSSR count). The standard InChI is InChI=1S/C15H20FN/c1-15(8-11-4-2-3-5-14(11)16)9-12(15)10-17-13-6-7-13/h2-5,12-13,17H,6-10H2,1H3. The Morgan fingerprint density at radius 1 is 1.35 bits per heavy atom. The Hall–Kier alpha value is -0.890. The van der Waals surface area contributed by atoms with Gasteiger partial charge in [-0.15, -0.1) is 0 Å². The van der Waals surface area contributed by atoms with E-state index in [0.717, 1.165) is 30.5 Å². The van der Waals surface area contributed by atoms with E-state index in [9.17, 15) is 4.39 Å². The maximum Gasteiger partial charge on any atom is 0.126 e. The third-order valence-corrected chi connectivity index (χ3v) is 4.32. The van der Waals surface area contributed by atoms with E-state index >= 15 is 0 Å². The zero-order valence-corrected chi connectivity index (χ0v) is 10.4. The first-order valence-electron chi connectivity index (χ1n) is 6.64. The van der Waals surface area contributed by atoms with Gasteiger partial charge in [-0.3, -0.25) is 0 Å². The Morgan fingerprint density at radius 3 is 2.82 bits per heavy atom. The summed E-state index contributed by atoms with van der Waals surface area (Å²) in [6.07, 6.45) is 4.81. The molecular formula is C15H20FN. The van der Waals surface area contributed by atoms with Crippen molar-refractivity contribution in [1.29, 1.82) is 0 Å². The van der Waals surface area contributed by atoms with Crippen LogP contribution in [-0.2, 0) is 6.42 Å². The van der Waals surface area contributed by atoms with Crippen molar-refractivity contribution in [3.63, 3.8) is 0 Å². The number of rotatable bonds is 5. The van der Waals surface area contributed by atoms with Gasteiger partial charge in [0.1, 0.15) is 5.82 Å². The van der Waals surface area contributed by atoms with E-state index in [1.807, 2.05) is 12.1 Å². The molecule has 0 aromatic heterocycles. The molecule has 0 saturated heterocycles. The average molecular weight is 233 g/mol. The van der Waals surface area contributed by atoms with Gasteiger partial charge in [-0.05, 0) is 55.2 Å². The third-order valence-electron chi connectivity index (χ3n) is 4.32. The minimum Gasteiger partial charge on any atom is -0.314 e. The van der Waals surface area contributed by atoms with Crippen LogP contribution in [0.15, 0.2) is 24.3 Å². The molecule has 2 atom stereocenters. The highest BCUT2D eigenvalue weighted by Crippen LogP contribution is 2.54. The van der Waals surface area contributed by atoms with E-state index in [0.29, 0.717) is 5.41 Å². The van der Waals surface area contributed by atoms with E-state index in [4.69, 9.17) is 0 Å². The zero-order chi connectivity index (χ0) is 11.9. The summed E-state index contributed by atoms with van der Waals surface area (Å²) in [5.74, 6) is 0.692. The molecule has 0 spiro atoms. The lowest BCUT2D eigenvalue weighted by Crippen LogP contribution is -2.21. The normalized spacial score (nSPS) is 31.5. The number of nitrogens with one attached hydrogen (secondary N) is 1. The molecule has 0 bridgehead atoms. The molecule has 1 aromatic carbocycles. The first-order chi connectivity index (χ1) is 8.17. The molecule has 1 N–H and O–H groups in total. The van der Waals surface area contributed by atoms with Gasteiger partial charge in [-0.1, -0.05) is 25.1 Å². The highest BCUT2D eigenvalue weighted by atomic mass is 19.1. The molecule has 92 valence electrons. The molecule has 2 heteroatoms. The largest absolute Gasteiger partial charge is 0.314 e. The van der Waals surface area contributed by atoms with Crippen molar-refractivity contribution >= 4 is 0 Å². The van der Waals surface area contributed by atoms with Crippen molar-refractivity contribution < 1.29 is 4.39 Å². The summed E-state index contributed by atoms with van der Waals surface area (Å²) < 4.78 is 13.6. The first kappa shape index (κ1) is 11.2.